The van der Waals surface area contributed by atoms with Gasteiger partial charge in [-0.3, -0.25) is 4.79 Å². The molecular formula is C17H26N2OS. The van der Waals surface area contributed by atoms with Gasteiger partial charge in [0.2, 0.25) is 0 Å². The van der Waals surface area contributed by atoms with Crippen molar-refractivity contribution < 1.29 is 4.79 Å². The Kier molecular flexibility index (Phi) is 5.97. The number of rotatable bonds is 5. The van der Waals surface area contributed by atoms with Gasteiger partial charge in [-0.15, -0.1) is 0 Å². The first kappa shape index (κ1) is 16.2. The highest BCUT2D eigenvalue weighted by atomic mass is 32.2. The van der Waals surface area contributed by atoms with Gasteiger partial charge in [-0.25, -0.2) is 0 Å². The molecule has 1 aliphatic rings. The fourth-order valence-corrected chi connectivity index (χ4v) is 3.81. The molecule has 4 heteroatoms. The maximum absolute atomic E-state index is 12.5. The molecule has 0 aliphatic heterocycles. The molecule has 3 nitrogen and oxygen atoms in total. The van der Waals surface area contributed by atoms with Crippen molar-refractivity contribution in [2.24, 2.45) is 0 Å². The number of carbonyl (C=O) groups is 1. The number of thioether (sulfide) groups is 1. The van der Waals surface area contributed by atoms with E-state index in [1.165, 1.54) is 12.8 Å². The summed E-state index contributed by atoms with van der Waals surface area (Å²) in [6.45, 7) is 4.96. The summed E-state index contributed by atoms with van der Waals surface area (Å²) in [4.78, 5) is 12.5. The summed E-state index contributed by atoms with van der Waals surface area (Å²) in [5.74, 6) is 0.0716. The van der Waals surface area contributed by atoms with E-state index in [4.69, 9.17) is 0 Å². The van der Waals surface area contributed by atoms with Gasteiger partial charge in [-0.2, -0.15) is 11.8 Å². The lowest BCUT2D eigenvalue weighted by Gasteiger charge is -2.28. The first-order valence-corrected chi connectivity index (χ1v) is 9.11. The Hall–Kier alpha value is -1.16. The van der Waals surface area contributed by atoms with Crippen LogP contribution < -0.4 is 10.6 Å². The Morgan fingerprint density at radius 1 is 1.38 bits per heavy atom. The minimum Gasteiger partial charge on any atom is -0.385 e. The van der Waals surface area contributed by atoms with Crippen LogP contribution in [0.15, 0.2) is 18.2 Å². The summed E-state index contributed by atoms with van der Waals surface area (Å²) >= 11 is 1.92. The van der Waals surface area contributed by atoms with E-state index in [9.17, 15) is 4.79 Å². The van der Waals surface area contributed by atoms with E-state index in [2.05, 4.69) is 23.8 Å². The Morgan fingerprint density at radius 2 is 2.19 bits per heavy atom. The minimum atomic E-state index is 0.0716. The van der Waals surface area contributed by atoms with Crippen molar-refractivity contribution in [2.75, 3.05) is 18.1 Å². The van der Waals surface area contributed by atoms with E-state index in [0.29, 0.717) is 11.3 Å². The van der Waals surface area contributed by atoms with Crippen molar-refractivity contribution in [3.05, 3.63) is 29.3 Å². The molecule has 1 amide bonds. The van der Waals surface area contributed by atoms with Gasteiger partial charge in [0.25, 0.3) is 5.91 Å². The summed E-state index contributed by atoms with van der Waals surface area (Å²) in [6, 6.07) is 6.29. The minimum absolute atomic E-state index is 0.0716. The molecule has 1 aromatic carbocycles. The maximum atomic E-state index is 12.5. The second-order valence-electron chi connectivity index (χ2n) is 5.75. The van der Waals surface area contributed by atoms with Crippen LogP contribution in [0, 0.1) is 6.92 Å². The Bertz CT molecular complexity index is 490. The molecule has 21 heavy (non-hydrogen) atoms. The molecule has 2 N–H and O–H groups in total. The molecule has 0 bridgehead atoms. The lowest BCUT2D eigenvalue weighted by Crippen LogP contribution is -2.39. The lowest BCUT2D eigenvalue weighted by atomic mass is 9.94. The molecule has 1 aliphatic carbocycles. The zero-order chi connectivity index (χ0) is 15.2. The normalized spacial score (nSPS) is 21.9. The predicted molar refractivity (Wildman–Crippen MR) is 92.4 cm³/mol. The monoisotopic (exact) mass is 306 g/mol. The Morgan fingerprint density at radius 3 is 2.86 bits per heavy atom. The van der Waals surface area contributed by atoms with Crippen LogP contribution in [0.2, 0.25) is 0 Å². The molecule has 1 saturated carbocycles. The number of aryl methyl sites for hydroxylation is 1. The van der Waals surface area contributed by atoms with Crippen LogP contribution in [-0.2, 0) is 0 Å². The van der Waals surface area contributed by atoms with E-state index in [1.54, 1.807) is 0 Å². The number of benzene rings is 1. The molecule has 2 atom stereocenters. The molecule has 0 aromatic heterocycles. The molecule has 1 aromatic rings. The van der Waals surface area contributed by atoms with Gasteiger partial charge in [0.05, 0.1) is 0 Å². The smallest absolute Gasteiger partial charge is 0.251 e. The standard InChI is InChI=1S/C17H26N2OS/c1-4-18-13-8-9-16(12(2)10-13)17(20)19-14-6-5-7-15(11-14)21-3/h8-10,14-15,18H,4-7,11H2,1-3H3,(H,19,20). The maximum Gasteiger partial charge on any atom is 0.251 e. The van der Waals surface area contributed by atoms with Crippen LogP contribution in [-0.4, -0.2) is 30.0 Å². The van der Waals surface area contributed by atoms with Gasteiger partial charge in [0.15, 0.2) is 0 Å². The molecule has 0 saturated heterocycles. The van der Waals surface area contributed by atoms with Gasteiger partial charge in [-0.05, 0) is 63.1 Å². The van der Waals surface area contributed by atoms with Crippen molar-refractivity contribution in [1.29, 1.82) is 0 Å². The molecular weight excluding hydrogens is 280 g/mol. The van der Waals surface area contributed by atoms with E-state index < -0.39 is 0 Å². The first-order chi connectivity index (χ1) is 10.1. The van der Waals surface area contributed by atoms with Gasteiger partial charge < -0.3 is 10.6 Å². The van der Waals surface area contributed by atoms with Crippen molar-refractivity contribution >= 4 is 23.4 Å². The fraction of sp³-hybridized carbons (Fsp3) is 0.588. The summed E-state index contributed by atoms with van der Waals surface area (Å²) in [5, 5.41) is 7.19. The summed E-state index contributed by atoms with van der Waals surface area (Å²) in [7, 11) is 0. The second kappa shape index (κ2) is 7.74. The molecule has 0 heterocycles. The van der Waals surface area contributed by atoms with Crippen LogP contribution in [0.25, 0.3) is 0 Å². The highest BCUT2D eigenvalue weighted by Crippen LogP contribution is 2.27. The van der Waals surface area contributed by atoms with E-state index in [-0.39, 0.29) is 5.91 Å². The number of hydrogen-bond donors (Lipinski definition) is 2. The number of anilines is 1. The van der Waals surface area contributed by atoms with Crippen molar-refractivity contribution in [1.82, 2.24) is 5.32 Å². The molecule has 2 unspecified atom stereocenters. The third kappa shape index (κ3) is 4.40. The zero-order valence-corrected chi connectivity index (χ0v) is 14.1. The quantitative estimate of drug-likeness (QED) is 0.868. The molecule has 1 fully saturated rings. The Labute approximate surface area is 132 Å². The van der Waals surface area contributed by atoms with Crippen LogP contribution >= 0.6 is 11.8 Å². The number of carbonyl (C=O) groups excluding carboxylic acids is 1. The number of nitrogens with one attached hydrogen (secondary N) is 2. The van der Waals surface area contributed by atoms with Crippen LogP contribution in [0.3, 0.4) is 0 Å². The molecule has 2 rings (SSSR count). The third-order valence-corrected chi connectivity index (χ3v) is 5.24. The van der Waals surface area contributed by atoms with Crippen molar-refractivity contribution in [3.63, 3.8) is 0 Å². The fourth-order valence-electron chi connectivity index (χ4n) is 2.99. The van der Waals surface area contributed by atoms with Crippen LogP contribution in [0.4, 0.5) is 5.69 Å². The second-order valence-corrected chi connectivity index (χ2v) is 6.89. The van der Waals surface area contributed by atoms with Gasteiger partial charge in [-0.1, -0.05) is 6.42 Å². The number of amides is 1. The van der Waals surface area contributed by atoms with Crippen molar-refractivity contribution in [3.8, 4) is 0 Å². The highest BCUT2D eigenvalue weighted by Gasteiger charge is 2.23. The third-order valence-electron chi connectivity index (χ3n) is 4.15. The molecule has 116 valence electrons. The zero-order valence-electron chi connectivity index (χ0n) is 13.2. The largest absolute Gasteiger partial charge is 0.385 e. The summed E-state index contributed by atoms with van der Waals surface area (Å²) in [5.41, 5.74) is 2.90. The molecule has 0 spiro atoms. The molecule has 0 radical (unpaired) electrons. The average Bonchev–Trinajstić information content (AvgIpc) is 2.47. The van der Waals surface area contributed by atoms with Gasteiger partial charge in [0, 0.05) is 29.1 Å². The Balaban J connectivity index is 1.99. The SMILES string of the molecule is CCNc1ccc(C(=O)NC2CCCC(SC)C2)c(C)c1. The van der Waals surface area contributed by atoms with E-state index in [1.807, 2.05) is 36.9 Å². The number of hydrogen-bond acceptors (Lipinski definition) is 3. The average molecular weight is 306 g/mol. The van der Waals surface area contributed by atoms with Gasteiger partial charge in [0.1, 0.15) is 0 Å². The lowest BCUT2D eigenvalue weighted by molar-refractivity contribution is 0.0928. The van der Waals surface area contributed by atoms with Crippen LogP contribution in [0.5, 0.6) is 0 Å². The van der Waals surface area contributed by atoms with Crippen LogP contribution in [0.1, 0.15) is 48.5 Å². The summed E-state index contributed by atoms with van der Waals surface area (Å²) < 4.78 is 0. The predicted octanol–water partition coefficient (Wildman–Crippen LogP) is 3.83. The van der Waals surface area contributed by atoms with Gasteiger partial charge >= 0.3 is 0 Å². The first-order valence-electron chi connectivity index (χ1n) is 7.82. The van der Waals surface area contributed by atoms with E-state index in [0.717, 1.165) is 36.2 Å². The van der Waals surface area contributed by atoms with E-state index >= 15 is 0 Å². The van der Waals surface area contributed by atoms with Crippen molar-refractivity contribution in [2.45, 2.75) is 50.8 Å². The highest BCUT2D eigenvalue weighted by molar-refractivity contribution is 7.99. The summed E-state index contributed by atoms with van der Waals surface area (Å²) in [6.07, 6.45) is 6.87. The topological polar surface area (TPSA) is 41.1 Å².